The Kier molecular flexibility index (Phi) is 2.06. The van der Waals surface area contributed by atoms with Crippen molar-refractivity contribution < 1.29 is 5.11 Å². The van der Waals surface area contributed by atoms with E-state index in [0.29, 0.717) is 11.2 Å². The Hall–Kier alpha value is -0.980. The van der Waals surface area contributed by atoms with Gasteiger partial charge in [-0.2, -0.15) is 0 Å². The summed E-state index contributed by atoms with van der Waals surface area (Å²) in [4.78, 5) is 0. The molecule has 0 heterocycles. The molecule has 0 saturated heterocycles. The van der Waals surface area contributed by atoms with Crippen molar-refractivity contribution in [3.63, 3.8) is 0 Å². The lowest BCUT2D eigenvalue weighted by atomic mass is 9.85. The van der Waals surface area contributed by atoms with Crippen molar-refractivity contribution in [2.24, 2.45) is 0 Å². The van der Waals surface area contributed by atoms with E-state index in [-0.39, 0.29) is 0 Å². The number of aryl methyl sites for hydroxylation is 2. The van der Waals surface area contributed by atoms with Gasteiger partial charge in [0.25, 0.3) is 0 Å². The Morgan fingerprint density at radius 1 is 1.36 bits per heavy atom. The quantitative estimate of drug-likeness (QED) is 0.721. The molecule has 0 fully saturated rings. The number of benzene rings is 1. The normalized spacial score (nSPS) is 18.2. The molecule has 0 aliphatic heterocycles. The highest BCUT2D eigenvalue weighted by Gasteiger charge is 2.30. The van der Waals surface area contributed by atoms with Gasteiger partial charge in [-0.15, -0.1) is 0 Å². The first-order valence-corrected chi connectivity index (χ1v) is 5.40. The van der Waals surface area contributed by atoms with Crippen molar-refractivity contribution in [2.45, 2.75) is 45.4 Å². The molecule has 0 unspecified atom stereocenters. The summed E-state index contributed by atoms with van der Waals surface area (Å²) in [6.07, 6.45) is 3.23. The van der Waals surface area contributed by atoms with E-state index in [9.17, 15) is 5.11 Å². The number of fused-ring (bicyclic) bond motifs is 1. The zero-order valence-corrected chi connectivity index (χ0v) is 9.22. The summed E-state index contributed by atoms with van der Waals surface area (Å²) in [5.41, 5.74) is 4.16. The van der Waals surface area contributed by atoms with Gasteiger partial charge < -0.3 is 5.11 Å². The zero-order chi connectivity index (χ0) is 10.3. The minimum atomic E-state index is 0.299. The SMILES string of the molecule is CCc1cc2c(cc1O)CCC2(C)C. The van der Waals surface area contributed by atoms with Gasteiger partial charge in [0.05, 0.1) is 0 Å². The molecule has 1 aliphatic rings. The Morgan fingerprint density at radius 2 is 2.07 bits per heavy atom. The van der Waals surface area contributed by atoms with Crippen LogP contribution in [-0.2, 0) is 18.3 Å². The van der Waals surface area contributed by atoms with Crippen LogP contribution in [0.3, 0.4) is 0 Å². The summed E-state index contributed by atoms with van der Waals surface area (Å²) in [5.74, 6) is 0.476. The first kappa shape index (κ1) is 9.57. The van der Waals surface area contributed by atoms with Crippen molar-refractivity contribution >= 4 is 0 Å². The lowest BCUT2D eigenvalue weighted by molar-refractivity contribution is 0.467. The molecule has 1 aromatic rings. The highest BCUT2D eigenvalue weighted by molar-refractivity contribution is 5.47. The number of hydrogen-bond donors (Lipinski definition) is 1. The smallest absolute Gasteiger partial charge is 0.119 e. The minimum absolute atomic E-state index is 0.299. The van der Waals surface area contributed by atoms with E-state index in [1.165, 1.54) is 17.5 Å². The van der Waals surface area contributed by atoms with Crippen molar-refractivity contribution in [3.05, 3.63) is 28.8 Å². The molecule has 0 aromatic heterocycles. The van der Waals surface area contributed by atoms with Crippen LogP contribution < -0.4 is 0 Å². The van der Waals surface area contributed by atoms with Crippen LogP contribution in [0.5, 0.6) is 5.75 Å². The van der Waals surface area contributed by atoms with Crippen molar-refractivity contribution in [1.29, 1.82) is 0 Å². The minimum Gasteiger partial charge on any atom is -0.508 e. The second-order valence-electron chi connectivity index (χ2n) is 4.88. The average Bonchev–Trinajstić information content (AvgIpc) is 2.41. The van der Waals surface area contributed by atoms with E-state index in [1.807, 2.05) is 6.07 Å². The maximum Gasteiger partial charge on any atom is 0.119 e. The van der Waals surface area contributed by atoms with Gasteiger partial charge in [0, 0.05) is 0 Å². The number of rotatable bonds is 1. The first-order chi connectivity index (χ1) is 6.54. The van der Waals surface area contributed by atoms with Crippen molar-refractivity contribution in [2.75, 3.05) is 0 Å². The van der Waals surface area contributed by atoms with E-state index in [0.717, 1.165) is 18.4 Å². The van der Waals surface area contributed by atoms with Gasteiger partial charge in [0.2, 0.25) is 0 Å². The molecule has 0 radical (unpaired) electrons. The fraction of sp³-hybridized carbons (Fsp3) is 0.538. The Labute approximate surface area is 85.8 Å². The highest BCUT2D eigenvalue weighted by Crippen LogP contribution is 2.40. The standard InChI is InChI=1S/C13H18O/c1-4-9-7-11-10(8-12(9)14)5-6-13(11,2)3/h7-8,14H,4-6H2,1-3H3. The van der Waals surface area contributed by atoms with Crippen LogP contribution in [0.2, 0.25) is 0 Å². The fourth-order valence-electron chi connectivity index (χ4n) is 2.38. The molecule has 0 amide bonds. The van der Waals surface area contributed by atoms with Crippen LogP contribution in [-0.4, -0.2) is 5.11 Å². The summed E-state index contributed by atoms with van der Waals surface area (Å²) in [7, 11) is 0. The van der Waals surface area contributed by atoms with Crippen LogP contribution >= 0.6 is 0 Å². The average molecular weight is 190 g/mol. The van der Waals surface area contributed by atoms with E-state index in [1.54, 1.807) is 0 Å². The third kappa shape index (κ3) is 1.31. The molecule has 1 aromatic carbocycles. The fourth-order valence-corrected chi connectivity index (χ4v) is 2.38. The molecule has 0 atom stereocenters. The van der Waals surface area contributed by atoms with E-state index < -0.39 is 0 Å². The predicted octanol–water partition coefficient (Wildman–Crippen LogP) is 3.18. The zero-order valence-electron chi connectivity index (χ0n) is 9.22. The van der Waals surface area contributed by atoms with Crippen molar-refractivity contribution in [1.82, 2.24) is 0 Å². The van der Waals surface area contributed by atoms with Gasteiger partial charge in [-0.3, -0.25) is 0 Å². The summed E-state index contributed by atoms with van der Waals surface area (Å²) < 4.78 is 0. The van der Waals surface area contributed by atoms with Crippen LogP contribution in [0.1, 0.15) is 43.9 Å². The maximum absolute atomic E-state index is 9.74. The molecule has 2 rings (SSSR count). The molecule has 76 valence electrons. The van der Waals surface area contributed by atoms with Crippen LogP contribution in [0.4, 0.5) is 0 Å². The third-order valence-electron chi connectivity index (χ3n) is 3.43. The molecule has 1 N–H and O–H groups in total. The van der Waals surface area contributed by atoms with Crippen LogP contribution in [0, 0.1) is 0 Å². The molecule has 0 spiro atoms. The Morgan fingerprint density at radius 3 is 2.71 bits per heavy atom. The molecule has 1 aliphatic carbocycles. The summed E-state index contributed by atoms with van der Waals surface area (Å²) >= 11 is 0. The van der Waals surface area contributed by atoms with Crippen molar-refractivity contribution in [3.8, 4) is 5.75 Å². The van der Waals surface area contributed by atoms with Gasteiger partial charge in [-0.25, -0.2) is 0 Å². The first-order valence-electron chi connectivity index (χ1n) is 5.40. The third-order valence-corrected chi connectivity index (χ3v) is 3.43. The van der Waals surface area contributed by atoms with Crippen LogP contribution in [0.25, 0.3) is 0 Å². The molecule has 1 heteroatoms. The number of aromatic hydroxyl groups is 1. The van der Waals surface area contributed by atoms with Gasteiger partial charge in [0.15, 0.2) is 0 Å². The van der Waals surface area contributed by atoms with Gasteiger partial charge in [-0.1, -0.05) is 26.8 Å². The molecule has 14 heavy (non-hydrogen) atoms. The summed E-state index contributed by atoms with van der Waals surface area (Å²) in [5, 5.41) is 9.74. The maximum atomic E-state index is 9.74. The lowest BCUT2D eigenvalue weighted by Crippen LogP contribution is -2.12. The molecule has 1 nitrogen and oxygen atoms in total. The number of hydrogen-bond acceptors (Lipinski definition) is 1. The van der Waals surface area contributed by atoms with Gasteiger partial charge in [-0.05, 0) is 47.4 Å². The Balaban J connectivity index is 2.56. The van der Waals surface area contributed by atoms with E-state index in [4.69, 9.17) is 0 Å². The number of phenolic OH excluding ortho intramolecular Hbond substituents is 1. The molecular weight excluding hydrogens is 172 g/mol. The largest absolute Gasteiger partial charge is 0.508 e. The topological polar surface area (TPSA) is 20.2 Å². The predicted molar refractivity (Wildman–Crippen MR) is 58.8 cm³/mol. The highest BCUT2D eigenvalue weighted by atomic mass is 16.3. The molecule has 0 bridgehead atoms. The second-order valence-corrected chi connectivity index (χ2v) is 4.88. The van der Waals surface area contributed by atoms with E-state index >= 15 is 0 Å². The van der Waals surface area contributed by atoms with Crippen LogP contribution in [0.15, 0.2) is 12.1 Å². The second kappa shape index (κ2) is 3.01. The van der Waals surface area contributed by atoms with E-state index in [2.05, 4.69) is 26.8 Å². The molecular formula is C13H18O. The molecule has 0 saturated carbocycles. The number of phenols is 1. The summed E-state index contributed by atoms with van der Waals surface area (Å²) in [6.45, 7) is 6.66. The summed E-state index contributed by atoms with van der Waals surface area (Å²) in [6, 6.07) is 4.15. The Bertz CT molecular complexity index is 364. The van der Waals surface area contributed by atoms with Gasteiger partial charge in [0.1, 0.15) is 5.75 Å². The monoisotopic (exact) mass is 190 g/mol. The lowest BCUT2D eigenvalue weighted by Gasteiger charge is -2.19. The van der Waals surface area contributed by atoms with Gasteiger partial charge >= 0.3 is 0 Å².